The van der Waals surface area contributed by atoms with Crippen molar-refractivity contribution in [2.45, 2.75) is 17.9 Å². The van der Waals surface area contributed by atoms with E-state index < -0.39 is 5.92 Å². The summed E-state index contributed by atoms with van der Waals surface area (Å²) in [5.74, 6) is -0.776. The van der Waals surface area contributed by atoms with E-state index >= 15 is 0 Å². The third-order valence-electron chi connectivity index (χ3n) is 5.41. The van der Waals surface area contributed by atoms with Crippen LogP contribution in [0.2, 0.25) is 0 Å². The summed E-state index contributed by atoms with van der Waals surface area (Å²) >= 11 is 1.60. The molecule has 0 bridgehead atoms. The quantitative estimate of drug-likeness (QED) is 0.579. The van der Waals surface area contributed by atoms with Gasteiger partial charge in [-0.05, 0) is 22.8 Å². The molecular weight excluding hydrogens is 382 g/mol. The van der Waals surface area contributed by atoms with Gasteiger partial charge < -0.3 is 0 Å². The molecule has 1 saturated heterocycles. The zero-order chi connectivity index (χ0) is 20.4. The van der Waals surface area contributed by atoms with Crippen LogP contribution in [0.3, 0.4) is 0 Å². The zero-order valence-corrected chi connectivity index (χ0v) is 16.4. The van der Waals surface area contributed by atoms with Gasteiger partial charge in [-0.15, -0.1) is 11.8 Å². The van der Waals surface area contributed by atoms with Gasteiger partial charge in [0.1, 0.15) is 17.7 Å². The summed E-state index contributed by atoms with van der Waals surface area (Å²) in [6.45, 7) is 0.244. The van der Waals surface area contributed by atoms with Crippen LogP contribution in [-0.2, 0) is 16.1 Å². The number of allylic oxidation sites excluding steroid dienone is 2. The second-order valence-electron chi connectivity index (χ2n) is 7.04. The molecule has 1 unspecified atom stereocenters. The van der Waals surface area contributed by atoms with E-state index in [9.17, 15) is 20.1 Å². The number of nitriles is 2. The lowest BCUT2D eigenvalue weighted by molar-refractivity contribution is -0.140. The molecule has 0 saturated carbocycles. The van der Waals surface area contributed by atoms with Crippen molar-refractivity contribution in [1.29, 1.82) is 10.5 Å². The number of benzene rings is 2. The van der Waals surface area contributed by atoms with E-state index in [4.69, 9.17) is 0 Å². The number of fused-ring (bicyclic) bond motifs is 1. The highest BCUT2D eigenvalue weighted by Crippen LogP contribution is 2.47. The maximum Gasteiger partial charge on any atom is 0.233 e. The summed E-state index contributed by atoms with van der Waals surface area (Å²) in [6, 6.07) is 21.0. The summed E-state index contributed by atoms with van der Waals surface area (Å²) in [7, 11) is 0. The van der Waals surface area contributed by atoms with Crippen molar-refractivity contribution < 1.29 is 9.59 Å². The Morgan fingerprint density at radius 3 is 2.41 bits per heavy atom. The molecule has 0 aliphatic carbocycles. The smallest absolute Gasteiger partial charge is 0.233 e. The Labute approximate surface area is 173 Å². The van der Waals surface area contributed by atoms with Crippen molar-refractivity contribution in [2.75, 3.05) is 5.75 Å². The molecule has 5 nitrogen and oxygen atoms in total. The molecule has 2 aliphatic heterocycles. The largest absolute Gasteiger partial charge is 0.278 e. The van der Waals surface area contributed by atoms with Crippen LogP contribution in [0.5, 0.6) is 0 Å². The van der Waals surface area contributed by atoms with Gasteiger partial charge in [0, 0.05) is 23.0 Å². The maximum absolute atomic E-state index is 13.2. The van der Waals surface area contributed by atoms with Gasteiger partial charge in [0.05, 0.1) is 12.5 Å². The molecule has 2 aliphatic rings. The number of carbonyl (C=O) groups is 2. The molecule has 142 valence electrons. The first kappa shape index (κ1) is 19.0. The fourth-order valence-corrected chi connectivity index (χ4v) is 5.28. The van der Waals surface area contributed by atoms with Crippen molar-refractivity contribution in [3.05, 3.63) is 71.3 Å². The molecule has 0 aromatic heterocycles. The monoisotopic (exact) mass is 399 g/mol. The lowest BCUT2D eigenvalue weighted by Gasteiger charge is -2.30. The van der Waals surface area contributed by atoms with Gasteiger partial charge in [-0.1, -0.05) is 48.5 Å². The molecule has 2 aromatic carbocycles. The summed E-state index contributed by atoms with van der Waals surface area (Å²) in [5.41, 5.74) is 2.32. The Balaban J connectivity index is 1.70. The highest BCUT2D eigenvalue weighted by Gasteiger charge is 2.46. The van der Waals surface area contributed by atoms with Gasteiger partial charge in [0.15, 0.2) is 0 Å². The molecule has 0 spiro atoms. The molecule has 4 rings (SSSR count). The molecule has 1 fully saturated rings. The molecule has 2 atom stereocenters. The second-order valence-corrected chi connectivity index (χ2v) is 8.10. The van der Waals surface area contributed by atoms with Crippen LogP contribution in [0.25, 0.3) is 5.57 Å². The first-order valence-electron chi connectivity index (χ1n) is 9.28. The number of carbonyl (C=O) groups excluding carboxylic acids is 2. The van der Waals surface area contributed by atoms with Gasteiger partial charge >= 0.3 is 0 Å². The maximum atomic E-state index is 13.2. The lowest BCUT2D eigenvalue weighted by atomic mass is 9.80. The Hall–Kier alpha value is -3.35. The normalized spacial score (nSPS) is 20.8. The SMILES string of the molecule is N#CC(C#N)=C1c2ccccc2SC[C@H]1C1CC(=O)N(Cc2ccccc2)C1=O. The van der Waals surface area contributed by atoms with E-state index in [1.165, 1.54) is 4.90 Å². The van der Waals surface area contributed by atoms with Crippen molar-refractivity contribution in [1.82, 2.24) is 4.90 Å². The molecule has 29 heavy (non-hydrogen) atoms. The Bertz CT molecular complexity index is 1080. The first-order chi connectivity index (χ1) is 14.1. The second kappa shape index (κ2) is 7.95. The number of rotatable bonds is 3. The minimum atomic E-state index is -0.557. The number of hydrogen-bond donors (Lipinski definition) is 0. The van der Waals surface area contributed by atoms with Crippen molar-refractivity contribution in [2.24, 2.45) is 11.8 Å². The number of likely N-dealkylation sites (tertiary alicyclic amines) is 1. The van der Waals surface area contributed by atoms with Crippen molar-refractivity contribution in [3.63, 3.8) is 0 Å². The van der Waals surface area contributed by atoms with Gasteiger partial charge in [-0.2, -0.15) is 10.5 Å². The predicted molar refractivity (Wildman–Crippen MR) is 109 cm³/mol. The minimum absolute atomic E-state index is 0.0181. The summed E-state index contributed by atoms with van der Waals surface area (Å²) < 4.78 is 0. The third-order valence-corrected chi connectivity index (χ3v) is 6.60. The van der Waals surface area contributed by atoms with Crippen LogP contribution in [0, 0.1) is 34.5 Å². The highest BCUT2D eigenvalue weighted by molar-refractivity contribution is 7.99. The minimum Gasteiger partial charge on any atom is -0.278 e. The van der Waals surface area contributed by atoms with Crippen LogP contribution in [-0.4, -0.2) is 22.5 Å². The summed E-state index contributed by atoms with van der Waals surface area (Å²) in [4.78, 5) is 28.1. The fraction of sp³-hybridized carbons (Fsp3) is 0.217. The van der Waals surface area contributed by atoms with Crippen LogP contribution >= 0.6 is 11.8 Å². The average Bonchev–Trinajstić information content (AvgIpc) is 3.03. The van der Waals surface area contributed by atoms with Crippen LogP contribution in [0.4, 0.5) is 0 Å². The molecule has 2 aromatic rings. The van der Waals surface area contributed by atoms with E-state index in [-0.39, 0.29) is 36.3 Å². The number of imide groups is 1. The average molecular weight is 399 g/mol. The zero-order valence-electron chi connectivity index (χ0n) is 15.5. The standard InChI is InChI=1S/C23H17N3O2S/c24-11-16(12-25)22-17-8-4-5-9-20(17)29-14-19(22)18-10-21(27)26(23(18)28)13-15-6-2-1-3-7-15/h1-9,18-19H,10,13-14H2/t18?,19-/m0/s1. The van der Waals surface area contributed by atoms with Crippen LogP contribution < -0.4 is 0 Å². The molecule has 0 N–H and O–H groups in total. The molecule has 2 amide bonds. The Morgan fingerprint density at radius 1 is 1.00 bits per heavy atom. The summed E-state index contributed by atoms with van der Waals surface area (Å²) in [6.07, 6.45) is 0.104. The highest BCUT2D eigenvalue weighted by atomic mass is 32.2. The van der Waals surface area contributed by atoms with Gasteiger partial charge in [-0.3, -0.25) is 14.5 Å². The van der Waals surface area contributed by atoms with Gasteiger partial charge in [0.25, 0.3) is 0 Å². The number of nitrogens with zero attached hydrogens (tertiary/aromatic N) is 3. The molecule has 2 heterocycles. The molecular formula is C23H17N3O2S. The van der Waals surface area contributed by atoms with Crippen LogP contribution in [0.15, 0.2) is 65.1 Å². The Kier molecular flexibility index (Phi) is 5.20. The predicted octanol–water partition coefficient (Wildman–Crippen LogP) is 3.78. The molecule has 6 heteroatoms. The topological polar surface area (TPSA) is 85.0 Å². The lowest BCUT2D eigenvalue weighted by Crippen LogP contribution is -2.33. The number of hydrogen-bond acceptors (Lipinski definition) is 5. The van der Waals surface area contributed by atoms with Gasteiger partial charge in [-0.25, -0.2) is 0 Å². The van der Waals surface area contributed by atoms with E-state index in [2.05, 4.69) is 0 Å². The fourth-order valence-electron chi connectivity index (χ4n) is 4.02. The van der Waals surface area contributed by atoms with Gasteiger partial charge in [0.2, 0.25) is 11.8 Å². The van der Waals surface area contributed by atoms with E-state index in [0.717, 1.165) is 16.0 Å². The van der Waals surface area contributed by atoms with Crippen LogP contribution in [0.1, 0.15) is 17.5 Å². The number of amides is 2. The molecule has 0 radical (unpaired) electrons. The first-order valence-corrected chi connectivity index (χ1v) is 10.3. The number of thioether (sulfide) groups is 1. The van der Waals surface area contributed by atoms with E-state index in [1.54, 1.807) is 11.8 Å². The Morgan fingerprint density at radius 2 is 1.69 bits per heavy atom. The summed E-state index contributed by atoms with van der Waals surface area (Å²) in [5, 5.41) is 19.1. The third kappa shape index (κ3) is 3.44. The van der Waals surface area contributed by atoms with E-state index in [0.29, 0.717) is 11.3 Å². The van der Waals surface area contributed by atoms with Crippen molar-refractivity contribution >= 4 is 29.1 Å². The van der Waals surface area contributed by atoms with E-state index in [1.807, 2.05) is 66.7 Å². The van der Waals surface area contributed by atoms with Crippen molar-refractivity contribution in [3.8, 4) is 12.1 Å².